The number of nitrogens with zero attached hydrogens (tertiary/aromatic N) is 2. The van der Waals surface area contributed by atoms with Gasteiger partial charge in [0.25, 0.3) is 11.1 Å². The molecule has 1 aromatic heterocycles. The molecule has 60 valence electrons. The molecule has 0 saturated heterocycles. The SMILES string of the molecule is Cc1cc(=O)n(C)n(C)c1=O. The standard InChI is InChI=1S/C7H10N2O2/c1-5-4-6(10)8(2)9(3)7(5)11/h4H,1-3H3. The van der Waals surface area contributed by atoms with Crippen LogP contribution in [-0.2, 0) is 14.1 Å². The van der Waals surface area contributed by atoms with E-state index in [2.05, 4.69) is 0 Å². The van der Waals surface area contributed by atoms with Gasteiger partial charge >= 0.3 is 0 Å². The average Bonchev–Trinajstić information content (AvgIpc) is 1.97. The van der Waals surface area contributed by atoms with Crippen LogP contribution in [0.25, 0.3) is 0 Å². The lowest BCUT2D eigenvalue weighted by molar-refractivity contribution is 0.530. The summed E-state index contributed by atoms with van der Waals surface area (Å²) in [6, 6.07) is 1.34. The number of aromatic nitrogens is 2. The highest BCUT2D eigenvalue weighted by Gasteiger charge is 1.99. The topological polar surface area (TPSA) is 44.0 Å². The molecule has 0 fully saturated rings. The summed E-state index contributed by atoms with van der Waals surface area (Å²) >= 11 is 0. The molecule has 0 saturated carbocycles. The van der Waals surface area contributed by atoms with Crippen molar-refractivity contribution in [3.63, 3.8) is 0 Å². The van der Waals surface area contributed by atoms with Gasteiger partial charge in [0.1, 0.15) is 0 Å². The van der Waals surface area contributed by atoms with E-state index < -0.39 is 0 Å². The zero-order valence-corrected chi connectivity index (χ0v) is 6.79. The van der Waals surface area contributed by atoms with Crippen LogP contribution in [0.1, 0.15) is 5.56 Å². The van der Waals surface area contributed by atoms with Crippen molar-refractivity contribution in [1.82, 2.24) is 9.36 Å². The summed E-state index contributed by atoms with van der Waals surface area (Å²) < 4.78 is 2.56. The molecule has 4 nitrogen and oxygen atoms in total. The van der Waals surface area contributed by atoms with Gasteiger partial charge in [-0.05, 0) is 6.92 Å². The maximum absolute atomic E-state index is 11.1. The number of hydrogen-bond acceptors (Lipinski definition) is 2. The lowest BCUT2D eigenvalue weighted by atomic mass is 10.3. The Morgan fingerprint density at radius 1 is 1.18 bits per heavy atom. The third kappa shape index (κ3) is 1.11. The van der Waals surface area contributed by atoms with Gasteiger partial charge in [-0.25, -0.2) is 0 Å². The maximum Gasteiger partial charge on any atom is 0.268 e. The maximum atomic E-state index is 11.1. The molecule has 0 radical (unpaired) electrons. The van der Waals surface area contributed by atoms with E-state index in [0.717, 1.165) is 0 Å². The summed E-state index contributed by atoms with van der Waals surface area (Å²) in [7, 11) is 3.12. The second kappa shape index (κ2) is 2.38. The minimum atomic E-state index is -0.162. The van der Waals surface area contributed by atoms with E-state index >= 15 is 0 Å². The number of hydrogen-bond donors (Lipinski definition) is 0. The molecule has 0 aliphatic carbocycles. The first-order chi connectivity index (χ1) is 5.04. The molecule has 4 heteroatoms. The normalized spacial score (nSPS) is 10.1. The van der Waals surface area contributed by atoms with Gasteiger partial charge in [-0.15, -0.1) is 0 Å². The third-order valence-corrected chi connectivity index (χ3v) is 1.74. The fourth-order valence-corrected chi connectivity index (χ4v) is 0.880. The highest BCUT2D eigenvalue weighted by atomic mass is 16.2. The van der Waals surface area contributed by atoms with Crippen molar-refractivity contribution in [2.75, 3.05) is 0 Å². The zero-order valence-electron chi connectivity index (χ0n) is 6.79. The first-order valence-corrected chi connectivity index (χ1v) is 3.28. The fourth-order valence-electron chi connectivity index (χ4n) is 0.880. The molecule has 1 aromatic rings. The van der Waals surface area contributed by atoms with Gasteiger partial charge in [0.15, 0.2) is 0 Å². The summed E-state index contributed by atoms with van der Waals surface area (Å²) in [6.45, 7) is 1.63. The van der Waals surface area contributed by atoms with E-state index in [1.807, 2.05) is 0 Å². The molecule has 0 amide bonds. The van der Waals surface area contributed by atoms with Crippen molar-refractivity contribution in [2.45, 2.75) is 6.92 Å². The Balaban J connectivity index is 3.73. The third-order valence-electron chi connectivity index (χ3n) is 1.74. The van der Waals surface area contributed by atoms with E-state index in [4.69, 9.17) is 0 Å². The van der Waals surface area contributed by atoms with Crippen LogP contribution in [0.5, 0.6) is 0 Å². The van der Waals surface area contributed by atoms with E-state index in [1.54, 1.807) is 21.0 Å². The second-order valence-electron chi connectivity index (χ2n) is 2.52. The van der Waals surface area contributed by atoms with Crippen LogP contribution in [-0.4, -0.2) is 9.36 Å². The summed E-state index contributed by atoms with van der Waals surface area (Å²) in [5.41, 5.74) is 0.187. The van der Waals surface area contributed by atoms with Crippen LogP contribution in [0.3, 0.4) is 0 Å². The summed E-state index contributed by atoms with van der Waals surface area (Å²) in [4.78, 5) is 22.2. The van der Waals surface area contributed by atoms with Gasteiger partial charge in [-0.3, -0.25) is 19.0 Å². The number of rotatable bonds is 0. The number of aryl methyl sites for hydroxylation is 1. The second-order valence-corrected chi connectivity index (χ2v) is 2.52. The van der Waals surface area contributed by atoms with Crippen molar-refractivity contribution in [3.8, 4) is 0 Å². The van der Waals surface area contributed by atoms with Gasteiger partial charge in [0.2, 0.25) is 0 Å². The Labute approximate surface area is 63.7 Å². The van der Waals surface area contributed by atoms with E-state index in [0.29, 0.717) is 5.56 Å². The van der Waals surface area contributed by atoms with Crippen LogP contribution >= 0.6 is 0 Å². The van der Waals surface area contributed by atoms with Crippen LogP contribution in [0.4, 0.5) is 0 Å². The van der Waals surface area contributed by atoms with Crippen LogP contribution in [0, 0.1) is 6.92 Å². The molecular weight excluding hydrogens is 144 g/mol. The Morgan fingerprint density at radius 2 is 1.73 bits per heavy atom. The predicted octanol–water partition coefficient (Wildman–Crippen LogP) is -0.608. The highest BCUT2D eigenvalue weighted by Crippen LogP contribution is 1.78. The smallest absolute Gasteiger partial charge is 0.268 e. The molecule has 11 heavy (non-hydrogen) atoms. The van der Waals surface area contributed by atoms with Gasteiger partial charge in [0, 0.05) is 25.7 Å². The largest absolute Gasteiger partial charge is 0.268 e. The molecule has 0 spiro atoms. The lowest BCUT2D eigenvalue weighted by Crippen LogP contribution is -2.35. The van der Waals surface area contributed by atoms with Gasteiger partial charge in [-0.1, -0.05) is 0 Å². The Morgan fingerprint density at radius 3 is 2.27 bits per heavy atom. The van der Waals surface area contributed by atoms with Crippen molar-refractivity contribution in [2.24, 2.45) is 14.1 Å². The first kappa shape index (κ1) is 7.78. The minimum absolute atomic E-state index is 0.132. The van der Waals surface area contributed by atoms with Crippen LogP contribution in [0.15, 0.2) is 15.7 Å². The summed E-state index contributed by atoms with van der Waals surface area (Å²) in [5, 5.41) is 0. The Bertz CT molecular complexity index is 386. The van der Waals surface area contributed by atoms with Crippen molar-refractivity contribution < 1.29 is 0 Å². The van der Waals surface area contributed by atoms with Crippen molar-refractivity contribution >= 4 is 0 Å². The van der Waals surface area contributed by atoms with Crippen LogP contribution in [0.2, 0.25) is 0 Å². The zero-order chi connectivity index (χ0) is 8.59. The van der Waals surface area contributed by atoms with Crippen LogP contribution < -0.4 is 11.1 Å². The molecule has 0 unspecified atom stereocenters. The monoisotopic (exact) mass is 154 g/mol. The molecular formula is C7H10N2O2. The Kier molecular flexibility index (Phi) is 1.68. The molecule has 0 bridgehead atoms. The van der Waals surface area contributed by atoms with E-state index in [-0.39, 0.29) is 11.1 Å². The van der Waals surface area contributed by atoms with Gasteiger partial charge in [0.05, 0.1) is 0 Å². The molecule has 0 aliphatic rings. The lowest BCUT2D eigenvalue weighted by Gasteiger charge is -2.04. The summed E-state index contributed by atoms with van der Waals surface area (Å²) in [5.74, 6) is 0. The van der Waals surface area contributed by atoms with E-state index in [9.17, 15) is 9.59 Å². The fraction of sp³-hybridized carbons (Fsp3) is 0.429. The molecule has 0 atom stereocenters. The molecule has 0 aliphatic heterocycles. The van der Waals surface area contributed by atoms with Crippen molar-refractivity contribution in [3.05, 3.63) is 32.3 Å². The van der Waals surface area contributed by atoms with Gasteiger partial charge in [-0.2, -0.15) is 0 Å². The highest BCUT2D eigenvalue weighted by molar-refractivity contribution is 5.03. The molecule has 0 N–H and O–H groups in total. The molecule has 1 rings (SSSR count). The molecule has 1 heterocycles. The summed E-state index contributed by atoms with van der Waals surface area (Å²) in [6.07, 6.45) is 0. The minimum Gasteiger partial charge on any atom is -0.268 e. The van der Waals surface area contributed by atoms with E-state index in [1.165, 1.54) is 15.4 Å². The Hall–Kier alpha value is -1.32. The van der Waals surface area contributed by atoms with Gasteiger partial charge < -0.3 is 0 Å². The quantitative estimate of drug-likeness (QED) is 0.500. The first-order valence-electron chi connectivity index (χ1n) is 3.28. The molecule has 0 aromatic carbocycles. The predicted molar refractivity (Wildman–Crippen MR) is 41.7 cm³/mol. The average molecular weight is 154 g/mol. The van der Waals surface area contributed by atoms with Crippen molar-refractivity contribution in [1.29, 1.82) is 0 Å².